The Balaban J connectivity index is 1.93. The minimum Gasteiger partial charge on any atom is -0.497 e. The molecule has 1 aromatic carbocycles. The Morgan fingerprint density at radius 2 is 1.90 bits per heavy atom. The highest BCUT2D eigenvalue weighted by Crippen LogP contribution is 2.30. The maximum absolute atomic E-state index is 5.43. The minimum atomic E-state index is 0.509. The van der Waals surface area contributed by atoms with Crippen molar-refractivity contribution < 1.29 is 9.47 Å². The Morgan fingerprint density at radius 3 is 2.48 bits per heavy atom. The third kappa shape index (κ3) is 4.53. The van der Waals surface area contributed by atoms with Crippen LogP contribution in [0.15, 0.2) is 18.2 Å². The van der Waals surface area contributed by atoms with E-state index in [2.05, 4.69) is 24.1 Å². The van der Waals surface area contributed by atoms with Crippen LogP contribution in [0.2, 0.25) is 0 Å². The summed E-state index contributed by atoms with van der Waals surface area (Å²) < 4.78 is 10.7. The zero-order chi connectivity index (χ0) is 15.2. The van der Waals surface area contributed by atoms with Crippen molar-refractivity contribution in [2.75, 3.05) is 39.2 Å². The molecule has 0 spiro atoms. The van der Waals surface area contributed by atoms with E-state index in [4.69, 9.17) is 9.47 Å². The lowest BCUT2D eigenvalue weighted by atomic mass is 10.0. The smallest absolute Gasteiger partial charge is 0.142 e. The molecule has 0 atom stereocenters. The van der Waals surface area contributed by atoms with E-state index in [1.807, 2.05) is 18.2 Å². The zero-order valence-electron chi connectivity index (χ0n) is 13.7. The average Bonchev–Trinajstić information content (AvgIpc) is 2.48. The van der Waals surface area contributed by atoms with Crippen LogP contribution in [0.4, 0.5) is 5.69 Å². The number of anilines is 1. The molecule has 1 aromatic rings. The highest BCUT2D eigenvalue weighted by Gasteiger charge is 2.20. The van der Waals surface area contributed by atoms with Crippen molar-refractivity contribution in [1.29, 1.82) is 0 Å². The molecule has 0 unspecified atom stereocenters. The molecular weight excluding hydrogens is 264 g/mol. The average molecular weight is 292 g/mol. The fraction of sp³-hybridized carbons (Fsp3) is 0.647. The summed E-state index contributed by atoms with van der Waals surface area (Å²) in [4.78, 5) is 2.56. The maximum Gasteiger partial charge on any atom is 0.142 e. The first kappa shape index (κ1) is 16.0. The van der Waals surface area contributed by atoms with Gasteiger partial charge in [-0.05, 0) is 30.9 Å². The van der Waals surface area contributed by atoms with Crippen LogP contribution in [0.1, 0.15) is 26.7 Å². The second kappa shape index (κ2) is 7.55. The summed E-state index contributed by atoms with van der Waals surface area (Å²) in [6, 6.07) is 6.40. The number of benzene rings is 1. The topological polar surface area (TPSA) is 33.7 Å². The van der Waals surface area contributed by atoms with Gasteiger partial charge in [0.05, 0.1) is 19.9 Å². The molecule has 118 valence electrons. The molecule has 1 N–H and O–H groups in total. The molecular formula is C17H28N2O2. The van der Waals surface area contributed by atoms with E-state index in [0.717, 1.165) is 23.1 Å². The summed E-state index contributed by atoms with van der Waals surface area (Å²) in [5.41, 5.74) is 1.03. The van der Waals surface area contributed by atoms with Crippen molar-refractivity contribution in [3.63, 3.8) is 0 Å². The molecule has 1 aliphatic heterocycles. The molecule has 0 radical (unpaired) electrons. The van der Waals surface area contributed by atoms with Gasteiger partial charge >= 0.3 is 0 Å². The SMILES string of the molecule is COc1ccc(OC)c(NC2CCN(CC(C)C)CC2)c1. The fourth-order valence-corrected chi connectivity index (χ4v) is 2.92. The lowest BCUT2D eigenvalue weighted by Gasteiger charge is -2.34. The number of hydrogen-bond acceptors (Lipinski definition) is 4. The maximum atomic E-state index is 5.43. The molecule has 2 rings (SSSR count). The molecule has 1 fully saturated rings. The molecule has 0 aliphatic carbocycles. The molecule has 1 saturated heterocycles. The van der Waals surface area contributed by atoms with Gasteiger partial charge in [0.2, 0.25) is 0 Å². The van der Waals surface area contributed by atoms with Crippen LogP contribution in [-0.2, 0) is 0 Å². The number of methoxy groups -OCH3 is 2. The van der Waals surface area contributed by atoms with Gasteiger partial charge in [-0.3, -0.25) is 0 Å². The molecule has 1 heterocycles. The number of hydrogen-bond donors (Lipinski definition) is 1. The summed E-state index contributed by atoms with van der Waals surface area (Å²) in [5, 5.41) is 3.62. The molecule has 21 heavy (non-hydrogen) atoms. The second-order valence-electron chi connectivity index (χ2n) is 6.18. The first-order valence-corrected chi connectivity index (χ1v) is 7.83. The lowest BCUT2D eigenvalue weighted by molar-refractivity contribution is 0.198. The van der Waals surface area contributed by atoms with Crippen molar-refractivity contribution in [2.24, 2.45) is 5.92 Å². The molecule has 4 heteroatoms. The second-order valence-corrected chi connectivity index (χ2v) is 6.18. The van der Waals surface area contributed by atoms with Gasteiger partial charge in [-0.15, -0.1) is 0 Å². The van der Waals surface area contributed by atoms with Crippen LogP contribution in [0.5, 0.6) is 11.5 Å². The Morgan fingerprint density at radius 1 is 1.19 bits per heavy atom. The molecule has 0 aromatic heterocycles. The quantitative estimate of drug-likeness (QED) is 0.873. The number of likely N-dealkylation sites (tertiary alicyclic amines) is 1. The van der Waals surface area contributed by atoms with Crippen molar-refractivity contribution in [3.05, 3.63) is 18.2 Å². The number of nitrogens with one attached hydrogen (secondary N) is 1. The van der Waals surface area contributed by atoms with Crippen LogP contribution in [-0.4, -0.2) is 44.8 Å². The Labute approximate surface area is 128 Å². The predicted molar refractivity (Wildman–Crippen MR) is 87.5 cm³/mol. The van der Waals surface area contributed by atoms with E-state index in [1.165, 1.54) is 32.5 Å². The lowest BCUT2D eigenvalue weighted by Crippen LogP contribution is -2.40. The molecule has 1 aliphatic rings. The highest BCUT2D eigenvalue weighted by molar-refractivity contribution is 5.60. The van der Waals surface area contributed by atoms with Crippen molar-refractivity contribution >= 4 is 5.69 Å². The van der Waals surface area contributed by atoms with Gasteiger partial charge in [-0.25, -0.2) is 0 Å². The molecule has 0 amide bonds. The number of ether oxygens (including phenoxy) is 2. The van der Waals surface area contributed by atoms with Crippen LogP contribution in [0.3, 0.4) is 0 Å². The first-order valence-electron chi connectivity index (χ1n) is 7.83. The summed E-state index contributed by atoms with van der Waals surface area (Å²) in [6.45, 7) is 8.11. The van der Waals surface area contributed by atoms with Gasteiger partial charge < -0.3 is 19.7 Å². The van der Waals surface area contributed by atoms with E-state index >= 15 is 0 Å². The Hall–Kier alpha value is -1.42. The van der Waals surface area contributed by atoms with Gasteiger partial charge in [0.1, 0.15) is 11.5 Å². The van der Waals surface area contributed by atoms with E-state index in [-0.39, 0.29) is 0 Å². The highest BCUT2D eigenvalue weighted by atomic mass is 16.5. The van der Waals surface area contributed by atoms with Crippen molar-refractivity contribution in [2.45, 2.75) is 32.7 Å². The number of nitrogens with zero attached hydrogens (tertiary/aromatic N) is 1. The third-order valence-electron chi connectivity index (χ3n) is 3.98. The van der Waals surface area contributed by atoms with E-state index in [9.17, 15) is 0 Å². The van der Waals surface area contributed by atoms with Crippen LogP contribution < -0.4 is 14.8 Å². The van der Waals surface area contributed by atoms with E-state index in [1.54, 1.807) is 14.2 Å². The van der Waals surface area contributed by atoms with Gasteiger partial charge in [0, 0.05) is 31.7 Å². The summed E-state index contributed by atoms with van der Waals surface area (Å²) in [6.07, 6.45) is 2.35. The summed E-state index contributed by atoms with van der Waals surface area (Å²) >= 11 is 0. The van der Waals surface area contributed by atoms with Gasteiger partial charge in [0.15, 0.2) is 0 Å². The molecule has 0 saturated carbocycles. The Bertz CT molecular complexity index is 440. The standard InChI is InChI=1S/C17H28N2O2/c1-13(2)12-19-9-7-14(8-10-19)18-16-11-15(20-3)5-6-17(16)21-4/h5-6,11,13-14,18H,7-10,12H2,1-4H3. The normalized spacial score (nSPS) is 17.0. The monoisotopic (exact) mass is 292 g/mol. The molecule has 0 bridgehead atoms. The van der Waals surface area contributed by atoms with Crippen LogP contribution >= 0.6 is 0 Å². The third-order valence-corrected chi connectivity index (χ3v) is 3.98. The Kier molecular flexibility index (Phi) is 5.74. The predicted octanol–water partition coefficient (Wildman–Crippen LogP) is 3.24. The van der Waals surface area contributed by atoms with Crippen LogP contribution in [0, 0.1) is 5.92 Å². The number of piperidine rings is 1. The number of rotatable bonds is 6. The van der Waals surface area contributed by atoms with Crippen LogP contribution in [0.25, 0.3) is 0 Å². The summed E-state index contributed by atoms with van der Waals surface area (Å²) in [5.74, 6) is 2.48. The first-order chi connectivity index (χ1) is 10.1. The van der Waals surface area contributed by atoms with Gasteiger partial charge in [-0.2, -0.15) is 0 Å². The summed E-state index contributed by atoms with van der Waals surface area (Å²) in [7, 11) is 3.40. The van der Waals surface area contributed by atoms with Gasteiger partial charge in [-0.1, -0.05) is 13.8 Å². The minimum absolute atomic E-state index is 0.509. The zero-order valence-corrected chi connectivity index (χ0v) is 13.7. The largest absolute Gasteiger partial charge is 0.497 e. The fourth-order valence-electron chi connectivity index (χ4n) is 2.92. The van der Waals surface area contributed by atoms with E-state index < -0.39 is 0 Å². The molecule has 4 nitrogen and oxygen atoms in total. The van der Waals surface area contributed by atoms with Gasteiger partial charge in [0.25, 0.3) is 0 Å². The van der Waals surface area contributed by atoms with Crippen molar-refractivity contribution in [3.8, 4) is 11.5 Å². The van der Waals surface area contributed by atoms with E-state index in [0.29, 0.717) is 6.04 Å². The van der Waals surface area contributed by atoms with Crippen molar-refractivity contribution in [1.82, 2.24) is 4.90 Å².